The van der Waals surface area contributed by atoms with Crippen LogP contribution in [0.25, 0.3) is 10.2 Å². The lowest BCUT2D eigenvalue weighted by Gasteiger charge is -2.09. The summed E-state index contributed by atoms with van der Waals surface area (Å²) in [4.78, 5) is 30.7. The Morgan fingerprint density at radius 3 is 2.26 bits per heavy atom. The predicted octanol–water partition coefficient (Wildman–Crippen LogP) is 5.11. The van der Waals surface area contributed by atoms with Gasteiger partial charge in [-0.2, -0.15) is 4.99 Å². The summed E-state index contributed by atoms with van der Waals surface area (Å²) in [6.07, 6.45) is 0. The van der Waals surface area contributed by atoms with Crippen LogP contribution in [0, 0.1) is 0 Å². The fourth-order valence-electron chi connectivity index (χ4n) is 3.63. The SMILES string of the molecule is CCOCCn1c(=NC(=O)c2ccc(C(=O)c3ccccc3)cc2)sc2cccc(OCC)c21. The van der Waals surface area contributed by atoms with Crippen molar-refractivity contribution in [2.45, 2.75) is 20.4 Å². The number of carbonyl (C=O) groups is 2. The number of hydrogen-bond donors (Lipinski definition) is 0. The summed E-state index contributed by atoms with van der Waals surface area (Å²) in [7, 11) is 0. The second-order valence-corrected chi connectivity index (χ2v) is 8.47. The molecule has 1 aromatic heterocycles. The zero-order chi connectivity index (χ0) is 23.9. The summed E-state index contributed by atoms with van der Waals surface area (Å²) < 4.78 is 14.3. The highest BCUT2D eigenvalue weighted by molar-refractivity contribution is 7.16. The number of amides is 1. The fraction of sp³-hybridized carbons (Fsp3) is 0.222. The molecule has 0 N–H and O–H groups in total. The van der Waals surface area contributed by atoms with Crippen molar-refractivity contribution in [2.24, 2.45) is 4.99 Å². The number of carbonyl (C=O) groups excluding carboxylic acids is 2. The number of nitrogens with zero attached hydrogens (tertiary/aromatic N) is 2. The Hall–Kier alpha value is -3.55. The molecule has 1 amide bonds. The topological polar surface area (TPSA) is 69.9 Å². The van der Waals surface area contributed by atoms with Gasteiger partial charge in [0.25, 0.3) is 5.91 Å². The zero-order valence-corrected chi connectivity index (χ0v) is 20.0. The highest BCUT2D eigenvalue weighted by Crippen LogP contribution is 2.27. The first-order valence-corrected chi connectivity index (χ1v) is 12.1. The maximum Gasteiger partial charge on any atom is 0.279 e. The normalized spacial score (nSPS) is 11.6. The van der Waals surface area contributed by atoms with Crippen LogP contribution < -0.4 is 9.54 Å². The molecule has 1 heterocycles. The van der Waals surface area contributed by atoms with Crippen LogP contribution in [0.15, 0.2) is 77.8 Å². The number of benzene rings is 3. The Morgan fingerprint density at radius 2 is 1.56 bits per heavy atom. The molecule has 0 aliphatic rings. The second-order valence-electron chi connectivity index (χ2n) is 7.46. The monoisotopic (exact) mass is 474 g/mol. The molecule has 6 nitrogen and oxygen atoms in total. The van der Waals surface area contributed by atoms with Gasteiger partial charge in [0.15, 0.2) is 10.6 Å². The number of ketones is 1. The zero-order valence-electron chi connectivity index (χ0n) is 19.2. The molecule has 0 bridgehead atoms. The van der Waals surface area contributed by atoms with E-state index in [1.807, 2.05) is 54.8 Å². The van der Waals surface area contributed by atoms with E-state index in [1.165, 1.54) is 11.3 Å². The van der Waals surface area contributed by atoms with Crippen molar-refractivity contribution in [2.75, 3.05) is 19.8 Å². The quantitative estimate of drug-likeness (QED) is 0.250. The molecule has 0 unspecified atom stereocenters. The lowest BCUT2D eigenvalue weighted by Crippen LogP contribution is -2.20. The minimum absolute atomic E-state index is 0.0849. The van der Waals surface area contributed by atoms with Crippen molar-refractivity contribution in [1.29, 1.82) is 0 Å². The molecule has 174 valence electrons. The van der Waals surface area contributed by atoms with Gasteiger partial charge in [0, 0.05) is 29.8 Å². The third-order valence-corrected chi connectivity index (χ3v) is 6.30. The Kier molecular flexibility index (Phi) is 7.67. The summed E-state index contributed by atoms with van der Waals surface area (Å²) in [5, 5.41) is 0. The average Bonchev–Trinajstić information content (AvgIpc) is 3.22. The van der Waals surface area contributed by atoms with Crippen LogP contribution in [0.3, 0.4) is 0 Å². The molecule has 0 saturated heterocycles. The Bertz CT molecular complexity index is 1360. The van der Waals surface area contributed by atoms with Gasteiger partial charge >= 0.3 is 0 Å². The summed E-state index contributed by atoms with van der Waals surface area (Å²) in [5.74, 6) is 0.303. The van der Waals surface area contributed by atoms with E-state index in [9.17, 15) is 9.59 Å². The van der Waals surface area contributed by atoms with E-state index in [2.05, 4.69) is 4.99 Å². The van der Waals surface area contributed by atoms with Crippen LogP contribution in [0.4, 0.5) is 0 Å². The van der Waals surface area contributed by atoms with Crippen LogP contribution in [0.2, 0.25) is 0 Å². The molecule has 0 aliphatic carbocycles. The van der Waals surface area contributed by atoms with E-state index in [0.717, 1.165) is 16.0 Å². The highest BCUT2D eigenvalue weighted by atomic mass is 32.1. The third-order valence-electron chi connectivity index (χ3n) is 5.25. The molecule has 34 heavy (non-hydrogen) atoms. The molecule has 7 heteroatoms. The standard InChI is InChI=1S/C27H26N2O4S/c1-3-32-18-17-29-24-22(33-4-2)11-8-12-23(24)34-27(29)28-26(31)21-15-13-20(14-16-21)25(30)19-9-6-5-7-10-19/h5-16H,3-4,17-18H2,1-2H3. The minimum Gasteiger partial charge on any atom is -0.492 e. The smallest absolute Gasteiger partial charge is 0.279 e. The van der Waals surface area contributed by atoms with Gasteiger partial charge < -0.3 is 14.0 Å². The van der Waals surface area contributed by atoms with Gasteiger partial charge in [0.05, 0.1) is 17.9 Å². The maximum absolute atomic E-state index is 13.0. The molecule has 0 spiro atoms. The minimum atomic E-state index is -0.367. The van der Waals surface area contributed by atoms with Gasteiger partial charge in [0.1, 0.15) is 11.3 Å². The van der Waals surface area contributed by atoms with Crippen molar-refractivity contribution in [3.05, 3.63) is 94.3 Å². The summed E-state index contributed by atoms with van der Waals surface area (Å²) in [6.45, 7) is 6.09. The van der Waals surface area contributed by atoms with Crippen molar-refractivity contribution in [1.82, 2.24) is 4.57 Å². The largest absolute Gasteiger partial charge is 0.492 e. The number of thiazole rings is 1. The van der Waals surface area contributed by atoms with Crippen LogP contribution in [-0.4, -0.2) is 36.1 Å². The molecule has 0 radical (unpaired) electrons. The van der Waals surface area contributed by atoms with Gasteiger partial charge in [-0.1, -0.05) is 59.9 Å². The number of rotatable bonds is 9. The van der Waals surface area contributed by atoms with Crippen LogP contribution in [-0.2, 0) is 11.3 Å². The van der Waals surface area contributed by atoms with E-state index >= 15 is 0 Å². The van der Waals surface area contributed by atoms with E-state index in [0.29, 0.717) is 47.9 Å². The van der Waals surface area contributed by atoms with Crippen LogP contribution >= 0.6 is 11.3 Å². The van der Waals surface area contributed by atoms with Crippen molar-refractivity contribution >= 4 is 33.2 Å². The van der Waals surface area contributed by atoms with Crippen molar-refractivity contribution < 1.29 is 19.1 Å². The highest BCUT2D eigenvalue weighted by Gasteiger charge is 2.14. The molecular weight excluding hydrogens is 448 g/mol. The van der Waals surface area contributed by atoms with Crippen LogP contribution in [0.5, 0.6) is 5.75 Å². The van der Waals surface area contributed by atoms with Gasteiger partial charge in [0.2, 0.25) is 0 Å². The molecule has 0 fully saturated rings. The Labute approximate surface area is 202 Å². The molecule has 4 aromatic rings. The van der Waals surface area contributed by atoms with E-state index in [1.54, 1.807) is 36.4 Å². The molecule has 0 saturated carbocycles. The lowest BCUT2D eigenvalue weighted by molar-refractivity contribution is 0.0993. The van der Waals surface area contributed by atoms with Gasteiger partial charge in [-0.25, -0.2) is 0 Å². The van der Waals surface area contributed by atoms with Gasteiger partial charge in [-0.15, -0.1) is 0 Å². The Balaban J connectivity index is 1.67. The van der Waals surface area contributed by atoms with Crippen molar-refractivity contribution in [3.63, 3.8) is 0 Å². The Morgan fingerprint density at radius 1 is 0.853 bits per heavy atom. The third kappa shape index (κ3) is 5.16. The molecule has 4 rings (SSSR count). The number of ether oxygens (including phenoxy) is 2. The van der Waals surface area contributed by atoms with Gasteiger partial charge in [-0.05, 0) is 38.1 Å². The van der Waals surface area contributed by atoms with E-state index in [4.69, 9.17) is 9.47 Å². The molecule has 0 aliphatic heterocycles. The van der Waals surface area contributed by atoms with Crippen molar-refractivity contribution in [3.8, 4) is 5.75 Å². The average molecular weight is 475 g/mol. The predicted molar refractivity (Wildman–Crippen MR) is 134 cm³/mol. The van der Waals surface area contributed by atoms with E-state index < -0.39 is 0 Å². The first-order chi connectivity index (χ1) is 16.6. The number of para-hydroxylation sites is 1. The second kappa shape index (κ2) is 11.0. The summed E-state index contributed by atoms with van der Waals surface area (Å²) in [5.41, 5.74) is 2.46. The van der Waals surface area contributed by atoms with Gasteiger partial charge in [-0.3, -0.25) is 9.59 Å². The lowest BCUT2D eigenvalue weighted by atomic mass is 10.0. The first-order valence-electron chi connectivity index (χ1n) is 11.2. The maximum atomic E-state index is 13.0. The first kappa shape index (κ1) is 23.6. The van der Waals surface area contributed by atoms with E-state index in [-0.39, 0.29) is 11.7 Å². The van der Waals surface area contributed by atoms with Crippen LogP contribution in [0.1, 0.15) is 40.1 Å². The number of aromatic nitrogens is 1. The molecular formula is C27H26N2O4S. The molecule has 3 aromatic carbocycles. The summed E-state index contributed by atoms with van der Waals surface area (Å²) >= 11 is 1.44. The number of fused-ring (bicyclic) bond motifs is 1. The number of hydrogen-bond acceptors (Lipinski definition) is 5. The molecule has 0 atom stereocenters. The fourth-order valence-corrected chi connectivity index (χ4v) is 4.71. The summed E-state index contributed by atoms with van der Waals surface area (Å²) in [6, 6.07) is 21.5.